The van der Waals surface area contributed by atoms with Crippen molar-refractivity contribution >= 4 is 15.8 Å². The molecule has 0 atom stereocenters. The van der Waals surface area contributed by atoms with Crippen molar-refractivity contribution in [1.82, 2.24) is 25.1 Å². The normalized spacial score (nSPS) is 11.5. The van der Waals surface area contributed by atoms with Crippen LogP contribution in [0.25, 0.3) is 0 Å². The van der Waals surface area contributed by atoms with Gasteiger partial charge in [-0.05, 0) is 12.1 Å². The molecular formula is C8H10N6O2S. The van der Waals surface area contributed by atoms with Crippen LogP contribution in [-0.4, -0.2) is 28.8 Å². The number of aromatic amines is 1. The first-order chi connectivity index (χ1) is 8.09. The Balaban J connectivity index is 2.12. The lowest BCUT2D eigenvalue weighted by Gasteiger charge is -2.04. The maximum atomic E-state index is 11.8. The average molecular weight is 254 g/mol. The summed E-state index contributed by atoms with van der Waals surface area (Å²) < 4.78 is 25.9. The molecular weight excluding hydrogens is 244 g/mol. The molecule has 0 radical (unpaired) electrons. The fourth-order valence-corrected chi connectivity index (χ4v) is 2.19. The Kier molecular flexibility index (Phi) is 3.02. The van der Waals surface area contributed by atoms with Crippen molar-refractivity contribution < 1.29 is 8.42 Å². The molecule has 0 aliphatic carbocycles. The molecule has 0 unspecified atom stereocenters. The Hall–Kier alpha value is -2.00. The number of nitrogens with zero attached hydrogens (tertiary/aromatic N) is 3. The Bertz CT molecular complexity index is 593. The maximum absolute atomic E-state index is 11.8. The van der Waals surface area contributed by atoms with E-state index in [4.69, 9.17) is 5.73 Å². The molecule has 0 saturated heterocycles. The molecule has 17 heavy (non-hydrogen) atoms. The minimum absolute atomic E-state index is 0.00311. The van der Waals surface area contributed by atoms with Crippen molar-refractivity contribution in [3.05, 3.63) is 30.2 Å². The number of nitrogens with two attached hydrogens (primary N) is 1. The molecule has 8 nitrogen and oxygen atoms in total. The highest BCUT2D eigenvalue weighted by atomic mass is 32.2. The number of hydrogen-bond donors (Lipinski definition) is 3. The zero-order valence-electron chi connectivity index (χ0n) is 8.66. The highest BCUT2D eigenvalue weighted by Crippen LogP contribution is 2.13. The van der Waals surface area contributed by atoms with Gasteiger partial charge in [0, 0.05) is 6.20 Å². The van der Waals surface area contributed by atoms with E-state index >= 15 is 0 Å². The third-order valence-corrected chi connectivity index (χ3v) is 3.42. The summed E-state index contributed by atoms with van der Waals surface area (Å²) in [6.07, 6.45) is 2.65. The summed E-state index contributed by atoms with van der Waals surface area (Å²) in [6.45, 7) is 0.0425. The molecule has 0 bridgehead atoms. The van der Waals surface area contributed by atoms with Gasteiger partial charge in [0.05, 0.1) is 18.4 Å². The number of nitrogen functional groups attached to an aromatic ring is 1. The summed E-state index contributed by atoms with van der Waals surface area (Å²) in [7, 11) is -3.68. The zero-order chi connectivity index (χ0) is 12.3. The third kappa shape index (κ3) is 2.57. The highest BCUT2D eigenvalue weighted by Gasteiger charge is 2.18. The fourth-order valence-electron chi connectivity index (χ4n) is 1.17. The van der Waals surface area contributed by atoms with Crippen LogP contribution in [0.1, 0.15) is 5.69 Å². The topological polar surface area (TPSA) is 127 Å². The lowest BCUT2D eigenvalue weighted by molar-refractivity contribution is 0.580. The largest absolute Gasteiger partial charge is 0.383 e. The average Bonchev–Trinajstić information content (AvgIpc) is 2.75. The standard InChI is InChI=1S/C8H10N6O2S/c9-8-7(5-11-14-8)17(15,16)12-4-6-2-1-3-10-13-6/h1-3,5,12H,4H2,(H3,9,11,14). The van der Waals surface area contributed by atoms with Crippen LogP contribution in [0.4, 0.5) is 5.82 Å². The van der Waals surface area contributed by atoms with Gasteiger partial charge in [-0.15, -0.1) is 0 Å². The van der Waals surface area contributed by atoms with Crippen LogP contribution in [0.15, 0.2) is 29.4 Å². The van der Waals surface area contributed by atoms with Crippen molar-refractivity contribution in [3.63, 3.8) is 0 Å². The van der Waals surface area contributed by atoms with E-state index in [1.165, 1.54) is 6.20 Å². The predicted molar refractivity (Wildman–Crippen MR) is 59.1 cm³/mol. The van der Waals surface area contributed by atoms with Gasteiger partial charge in [0.15, 0.2) is 0 Å². The van der Waals surface area contributed by atoms with Gasteiger partial charge >= 0.3 is 0 Å². The second kappa shape index (κ2) is 4.47. The second-order valence-electron chi connectivity index (χ2n) is 3.19. The lowest BCUT2D eigenvalue weighted by Crippen LogP contribution is -2.24. The zero-order valence-corrected chi connectivity index (χ0v) is 9.48. The molecule has 2 aromatic heterocycles. The van der Waals surface area contributed by atoms with E-state index in [1.807, 2.05) is 0 Å². The fraction of sp³-hybridized carbons (Fsp3) is 0.125. The van der Waals surface area contributed by atoms with E-state index in [0.717, 1.165) is 6.20 Å². The highest BCUT2D eigenvalue weighted by molar-refractivity contribution is 7.89. The molecule has 0 amide bonds. The summed E-state index contributed by atoms with van der Waals surface area (Å²) in [5, 5.41) is 13.3. The minimum atomic E-state index is -3.68. The molecule has 0 aliphatic heterocycles. The van der Waals surface area contributed by atoms with E-state index in [2.05, 4.69) is 25.1 Å². The SMILES string of the molecule is Nc1[nH]ncc1S(=O)(=O)NCc1cccnn1. The predicted octanol–water partition coefficient (Wildman–Crippen LogP) is -0.740. The smallest absolute Gasteiger partial charge is 0.246 e. The van der Waals surface area contributed by atoms with Crippen LogP contribution in [0.5, 0.6) is 0 Å². The quantitative estimate of drug-likeness (QED) is 0.659. The van der Waals surface area contributed by atoms with Gasteiger partial charge in [0.25, 0.3) is 0 Å². The van der Waals surface area contributed by atoms with Crippen LogP contribution in [0.2, 0.25) is 0 Å². The van der Waals surface area contributed by atoms with Crippen LogP contribution in [0.3, 0.4) is 0 Å². The van der Waals surface area contributed by atoms with Gasteiger partial charge in [-0.1, -0.05) is 0 Å². The molecule has 0 aliphatic rings. The Morgan fingerprint density at radius 3 is 2.88 bits per heavy atom. The van der Waals surface area contributed by atoms with Crippen molar-refractivity contribution in [2.75, 3.05) is 5.73 Å². The van der Waals surface area contributed by atoms with Gasteiger partial charge in [0.1, 0.15) is 10.7 Å². The summed E-state index contributed by atoms with van der Waals surface area (Å²) in [5.41, 5.74) is 5.94. The monoisotopic (exact) mass is 254 g/mol. The number of hydrogen-bond acceptors (Lipinski definition) is 6. The molecule has 2 aromatic rings. The molecule has 0 saturated carbocycles. The molecule has 0 spiro atoms. The molecule has 2 heterocycles. The molecule has 4 N–H and O–H groups in total. The Labute approximate surface area is 97.3 Å². The Morgan fingerprint density at radius 1 is 1.47 bits per heavy atom. The first kappa shape index (κ1) is 11.5. The van der Waals surface area contributed by atoms with Gasteiger partial charge < -0.3 is 5.73 Å². The molecule has 0 fully saturated rings. The van der Waals surface area contributed by atoms with Crippen LogP contribution < -0.4 is 10.5 Å². The summed E-state index contributed by atoms with van der Waals surface area (Å²) in [6, 6.07) is 3.33. The van der Waals surface area contributed by atoms with Crippen molar-refractivity contribution in [2.24, 2.45) is 0 Å². The number of aromatic nitrogens is 4. The molecule has 9 heteroatoms. The molecule has 90 valence electrons. The first-order valence-corrected chi connectivity index (χ1v) is 6.13. The van der Waals surface area contributed by atoms with E-state index in [0.29, 0.717) is 5.69 Å². The van der Waals surface area contributed by atoms with Crippen molar-refractivity contribution in [2.45, 2.75) is 11.4 Å². The number of H-pyrrole nitrogens is 1. The van der Waals surface area contributed by atoms with Gasteiger partial charge in [0.2, 0.25) is 10.0 Å². The summed E-state index contributed by atoms with van der Waals surface area (Å²) in [4.78, 5) is -0.0820. The van der Waals surface area contributed by atoms with Crippen LogP contribution in [-0.2, 0) is 16.6 Å². The number of nitrogens with one attached hydrogen (secondary N) is 2. The number of rotatable bonds is 4. The van der Waals surface area contributed by atoms with Crippen LogP contribution >= 0.6 is 0 Å². The number of anilines is 1. The Morgan fingerprint density at radius 2 is 2.29 bits per heavy atom. The molecule has 2 rings (SSSR count). The maximum Gasteiger partial charge on any atom is 0.246 e. The summed E-state index contributed by atoms with van der Waals surface area (Å²) >= 11 is 0. The van der Waals surface area contributed by atoms with Gasteiger partial charge in [-0.2, -0.15) is 15.3 Å². The minimum Gasteiger partial charge on any atom is -0.383 e. The van der Waals surface area contributed by atoms with E-state index in [-0.39, 0.29) is 17.3 Å². The van der Waals surface area contributed by atoms with Crippen molar-refractivity contribution in [3.8, 4) is 0 Å². The first-order valence-electron chi connectivity index (χ1n) is 4.64. The second-order valence-corrected chi connectivity index (χ2v) is 4.92. The molecule has 0 aromatic carbocycles. The van der Waals surface area contributed by atoms with Gasteiger partial charge in [-0.25, -0.2) is 13.1 Å². The van der Waals surface area contributed by atoms with E-state index in [1.54, 1.807) is 12.1 Å². The van der Waals surface area contributed by atoms with Gasteiger partial charge in [-0.3, -0.25) is 5.10 Å². The van der Waals surface area contributed by atoms with Crippen LogP contribution in [0, 0.1) is 0 Å². The lowest BCUT2D eigenvalue weighted by atomic mass is 10.4. The van der Waals surface area contributed by atoms with E-state index in [9.17, 15) is 8.42 Å². The number of sulfonamides is 1. The summed E-state index contributed by atoms with van der Waals surface area (Å²) in [5.74, 6) is -0.00311. The van der Waals surface area contributed by atoms with Crippen molar-refractivity contribution in [1.29, 1.82) is 0 Å². The van der Waals surface area contributed by atoms with E-state index < -0.39 is 10.0 Å². The third-order valence-electron chi connectivity index (χ3n) is 1.99.